The average molecular weight is 753 g/mol. The number of ether oxygens (including phenoxy) is 1. The molecule has 1 spiro atoms. The first-order valence-corrected chi connectivity index (χ1v) is 18.4. The van der Waals surface area contributed by atoms with Crippen LogP contribution in [0.5, 0.6) is 0 Å². The lowest BCUT2D eigenvalue weighted by molar-refractivity contribution is -0.136. The fraction of sp³-hybridized carbons (Fsp3) is 0.472. The van der Waals surface area contributed by atoms with E-state index in [-0.39, 0.29) is 47.6 Å². The quantitative estimate of drug-likeness (QED) is 0.246. The smallest absolute Gasteiger partial charge is 0.410 e. The lowest BCUT2D eigenvalue weighted by Gasteiger charge is -2.50. The zero-order valence-corrected chi connectivity index (χ0v) is 30.1. The molecule has 0 radical (unpaired) electrons. The van der Waals surface area contributed by atoms with E-state index in [1.165, 1.54) is 6.20 Å². The number of hydrogen-bond donors (Lipinski definition) is 3. The fourth-order valence-corrected chi connectivity index (χ4v) is 8.75. The molecule has 0 aliphatic carbocycles. The van der Waals surface area contributed by atoms with Gasteiger partial charge in [0.1, 0.15) is 11.9 Å². The van der Waals surface area contributed by atoms with Crippen LogP contribution in [0.3, 0.4) is 0 Å². The van der Waals surface area contributed by atoms with Gasteiger partial charge in [0.05, 0.1) is 41.8 Å². The minimum absolute atomic E-state index is 0.0212. The van der Waals surface area contributed by atoms with Crippen LogP contribution in [0, 0.1) is 5.92 Å². The fourth-order valence-electron chi connectivity index (χ4n) is 8.75. The van der Waals surface area contributed by atoms with Crippen LogP contribution >= 0.6 is 0 Å². The number of hydrogen-bond acceptors (Lipinski definition) is 14. The first kappa shape index (κ1) is 34.6. The van der Waals surface area contributed by atoms with Gasteiger partial charge in [-0.05, 0) is 37.5 Å². The van der Waals surface area contributed by atoms with Crippen molar-refractivity contribution in [1.29, 1.82) is 0 Å². The van der Waals surface area contributed by atoms with Crippen molar-refractivity contribution in [3.8, 4) is 0 Å². The van der Waals surface area contributed by atoms with E-state index >= 15 is 0 Å². The summed E-state index contributed by atoms with van der Waals surface area (Å²) in [5.74, 6) is -1.59. The van der Waals surface area contributed by atoms with E-state index in [4.69, 9.17) is 15.5 Å². The van der Waals surface area contributed by atoms with Gasteiger partial charge in [0.25, 0.3) is 17.7 Å². The maximum atomic E-state index is 13.3. The lowest BCUT2D eigenvalue weighted by atomic mass is 9.89. The minimum atomic E-state index is -0.996. The molecule has 9 rings (SSSR count). The van der Waals surface area contributed by atoms with Crippen molar-refractivity contribution in [1.82, 2.24) is 39.8 Å². The number of rotatable bonds is 9. The predicted octanol–water partition coefficient (Wildman–Crippen LogP) is 0.0656. The van der Waals surface area contributed by atoms with Crippen LogP contribution in [-0.4, -0.2) is 140 Å². The summed E-state index contributed by atoms with van der Waals surface area (Å²) in [6, 6.07) is 4.11. The summed E-state index contributed by atoms with van der Waals surface area (Å²) in [5.41, 5.74) is 7.06. The molecule has 5 fully saturated rings. The van der Waals surface area contributed by atoms with Crippen LogP contribution < -0.4 is 26.2 Å². The molecule has 1 unspecified atom stereocenters. The molecule has 6 aliphatic rings. The number of anilines is 4. The van der Waals surface area contributed by atoms with E-state index < -0.39 is 41.2 Å². The van der Waals surface area contributed by atoms with Crippen molar-refractivity contribution in [2.24, 2.45) is 18.7 Å². The van der Waals surface area contributed by atoms with Gasteiger partial charge in [-0.15, -0.1) is 0 Å². The van der Waals surface area contributed by atoms with E-state index in [2.05, 4.69) is 35.4 Å². The molecular weight excluding hydrogens is 712 g/mol. The summed E-state index contributed by atoms with van der Waals surface area (Å²) >= 11 is 0. The number of carbonyl (C=O) groups is 6. The summed E-state index contributed by atoms with van der Waals surface area (Å²) < 4.78 is 7.64. The number of aromatic nitrogens is 4. The molecule has 4 N–H and O–H groups in total. The Labute approximate surface area is 314 Å². The molecule has 6 aliphatic heterocycles. The van der Waals surface area contributed by atoms with Gasteiger partial charge in [0.2, 0.25) is 11.8 Å². The van der Waals surface area contributed by atoms with Crippen molar-refractivity contribution in [3.05, 3.63) is 53.6 Å². The molecular formula is C36H40N12O7. The van der Waals surface area contributed by atoms with Crippen molar-refractivity contribution >= 4 is 58.6 Å². The predicted molar refractivity (Wildman–Crippen MR) is 193 cm³/mol. The number of likely N-dealkylation sites (tertiary alicyclic amines) is 1. The highest BCUT2D eigenvalue weighted by molar-refractivity contribution is 6.23. The molecule has 5 saturated heterocycles. The van der Waals surface area contributed by atoms with Crippen LogP contribution in [0.2, 0.25) is 0 Å². The van der Waals surface area contributed by atoms with Gasteiger partial charge >= 0.3 is 6.09 Å². The Kier molecular flexibility index (Phi) is 8.21. The number of nitrogens with zero attached hydrogens (tertiary/aromatic N) is 9. The molecule has 19 heteroatoms. The first-order chi connectivity index (χ1) is 26.4. The molecule has 286 valence electrons. The topological polar surface area (TPSA) is 222 Å². The van der Waals surface area contributed by atoms with Crippen LogP contribution in [0.4, 0.5) is 27.8 Å². The second-order valence-electron chi connectivity index (χ2n) is 15.4. The number of aryl methyl sites for hydroxylation is 1. The number of primary amides is 1. The molecule has 8 heterocycles. The molecule has 3 aromatic rings. The molecule has 2 aromatic heterocycles. The molecule has 19 nitrogen and oxygen atoms in total. The summed E-state index contributed by atoms with van der Waals surface area (Å²) in [5, 5.41) is 9.46. The standard InChI is InChI=1S/C36H40N12O7/c1-43-15-21(10-39-43)40-31-29(30(37)50)38-11-27(41-31)45-8-2-3-23(16-45)47-19-36(55-35(47)54)17-44(18-36)12-20-13-46(14-20)22-4-5-24-25(9-22)34(53)48(33(24)52)26-6-7-28(49)42-32(26)51/h4-5,9-11,15,20,23,26H,2-3,6-8,12-14,16-19H2,1H3,(H2,37,50)(H,40,41)(H,42,49,51)/t23-,26?/m1/s1. The van der Waals surface area contributed by atoms with Gasteiger partial charge in [-0.2, -0.15) is 5.10 Å². The minimum Gasteiger partial charge on any atom is -0.438 e. The lowest BCUT2D eigenvalue weighted by Crippen LogP contribution is -2.66. The Bertz CT molecular complexity index is 2140. The van der Waals surface area contributed by atoms with E-state index in [1.54, 1.807) is 36.3 Å². The Balaban J connectivity index is 0.776. The summed E-state index contributed by atoms with van der Waals surface area (Å²) in [7, 11) is 1.78. The Morgan fingerprint density at radius 1 is 1.02 bits per heavy atom. The Morgan fingerprint density at radius 3 is 2.56 bits per heavy atom. The van der Waals surface area contributed by atoms with Crippen molar-refractivity contribution in [2.75, 3.05) is 67.5 Å². The second kappa shape index (κ2) is 13.0. The molecule has 6 amide bonds. The zero-order valence-electron chi connectivity index (χ0n) is 30.1. The highest BCUT2D eigenvalue weighted by Crippen LogP contribution is 2.38. The van der Waals surface area contributed by atoms with Crippen molar-refractivity contribution in [3.63, 3.8) is 0 Å². The molecule has 2 atom stereocenters. The SMILES string of the molecule is Cn1cc(Nc2nc(N3CCC[C@@H](N4CC5(CN(CC6CN(c7ccc8c(c7)C(=O)N(C7CCC(=O)NC7=O)C8=O)C6)C5)OC4=O)C3)cnc2C(N)=O)cn1. The van der Waals surface area contributed by atoms with Gasteiger partial charge in [0, 0.05) is 77.1 Å². The summed E-state index contributed by atoms with van der Waals surface area (Å²) in [4.78, 5) is 94.1. The van der Waals surface area contributed by atoms with E-state index in [9.17, 15) is 28.8 Å². The molecule has 55 heavy (non-hydrogen) atoms. The average Bonchev–Trinajstić information content (AvgIpc) is 3.78. The number of fused-ring (bicyclic) bond motifs is 1. The third-order valence-corrected chi connectivity index (χ3v) is 11.4. The molecule has 0 bridgehead atoms. The van der Waals surface area contributed by atoms with Gasteiger partial charge < -0.3 is 25.6 Å². The molecule has 0 saturated carbocycles. The number of nitrogens with two attached hydrogens (primary N) is 1. The van der Waals surface area contributed by atoms with Crippen molar-refractivity contribution in [2.45, 2.75) is 43.4 Å². The van der Waals surface area contributed by atoms with Crippen LogP contribution in [-0.2, 0) is 21.4 Å². The van der Waals surface area contributed by atoms with Gasteiger partial charge in [-0.25, -0.2) is 14.8 Å². The second-order valence-corrected chi connectivity index (χ2v) is 15.4. The van der Waals surface area contributed by atoms with E-state index in [0.717, 1.165) is 43.1 Å². The largest absolute Gasteiger partial charge is 0.438 e. The van der Waals surface area contributed by atoms with Gasteiger partial charge in [-0.3, -0.25) is 48.7 Å². The zero-order chi connectivity index (χ0) is 38.2. The third kappa shape index (κ3) is 6.17. The van der Waals surface area contributed by atoms with E-state index in [1.807, 2.05) is 11.0 Å². The highest BCUT2D eigenvalue weighted by Gasteiger charge is 2.55. The summed E-state index contributed by atoms with van der Waals surface area (Å²) in [6.45, 7) is 5.45. The Morgan fingerprint density at radius 2 is 1.82 bits per heavy atom. The van der Waals surface area contributed by atoms with E-state index in [0.29, 0.717) is 50.1 Å². The van der Waals surface area contributed by atoms with Crippen LogP contribution in [0.1, 0.15) is 56.9 Å². The normalized spacial score (nSPS) is 23.8. The first-order valence-electron chi connectivity index (χ1n) is 18.4. The van der Waals surface area contributed by atoms with Gasteiger partial charge in [0.15, 0.2) is 17.1 Å². The number of piperidine rings is 2. The number of carbonyl (C=O) groups excluding carboxylic acids is 6. The third-order valence-electron chi connectivity index (χ3n) is 11.4. The van der Waals surface area contributed by atoms with Gasteiger partial charge in [-0.1, -0.05) is 0 Å². The van der Waals surface area contributed by atoms with Crippen LogP contribution in [0.15, 0.2) is 36.8 Å². The number of nitrogens with one attached hydrogen (secondary N) is 2. The highest BCUT2D eigenvalue weighted by atomic mass is 16.6. The summed E-state index contributed by atoms with van der Waals surface area (Å²) in [6.07, 6.45) is 6.44. The number of benzene rings is 1. The van der Waals surface area contributed by atoms with Crippen molar-refractivity contribution < 1.29 is 33.5 Å². The number of imide groups is 2. The maximum Gasteiger partial charge on any atom is 0.410 e. The maximum absolute atomic E-state index is 13.3. The van der Waals surface area contributed by atoms with Crippen LogP contribution in [0.25, 0.3) is 0 Å². The molecule has 1 aromatic carbocycles. The number of amides is 6. The monoisotopic (exact) mass is 752 g/mol. The Hall–Kier alpha value is -6.11.